The van der Waals surface area contributed by atoms with Crippen molar-refractivity contribution >= 4 is 5.78 Å². The van der Waals surface area contributed by atoms with Crippen LogP contribution in [0.1, 0.15) is 17.3 Å². The van der Waals surface area contributed by atoms with Crippen LogP contribution >= 0.6 is 0 Å². The van der Waals surface area contributed by atoms with E-state index in [9.17, 15) is 4.79 Å². The summed E-state index contributed by atoms with van der Waals surface area (Å²) in [7, 11) is 0. The number of ether oxygens (including phenoxy) is 1. The fraction of sp³-hybridized carbons (Fsp3) is 0.308. The molecule has 0 atom stereocenters. The van der Waals surface area contributed by atoms with Gasteiger partial charge in [-0.15, -0.1) is 6.58 Å². The summed E-state index contributed by atoms with van der Waals surface area (Å²) < 4.78 is 5.30. The van der Waals surface area contributed by atoms with Gasteiger partial charge in [0.05, 0.1) is 13.2 Å². The second-order valence-electron chi connectivity index (χ2n) is 3.30. The van der Waals surface area contributed by atoms with E-state index >= 15 is 0 Å². The quantitative estimate of drug-likeness (QED) is 0.433. The highest BCUT2D eigenvalue weighted by Crippen LogP contribution is 2.12. The summed E-state index contributed by atoms with van der Waals surface area (Å²) >= 11 is 0. The molecule has 0 saturated heterocycles. The van der Waals surface area contributed by atoms with Crippen molar-refractivity contribution in [3.63, 3.8) is 0 Å². The van der Waals surface area contributed by atoms with Crippen LogP contribution < -0.4 is 10.1 Å². The van der Waals surface area contributed by atoms with Gasteiger partial charge >= 0.3 is 0 Å². The van der Waals surface area contributed by atoms with E-state index < -0.39 is 0 Å². The summed E-state index contributed by atoms with van der Waals surface area (Å²) in [4.78, 5) is 11.7. The Balaban J connectivity index is 2.52. The fourth-order valence-corrected chi connectivity index (χ4v) is 1.29. The minimum absolute atomic E-state index is 0.0740. The lowest BCUT2D eigenvalue weighted by Gasteiger charge is -2.04. The maximum absolute atomic E-state index is 11.7. The molecule has 3 nitrogen and oxygen atoms in total. The third-order valence-electron chi connectivity index (χ3n) is 2.06. The van der Waals surface area contributed by atoms with Crippen molar-refractivity contribution in [3.8, 4) is 5.75 Å². The van der Waals surface area contributed by atoms with Crippen LogP contribution in [0.25, 0.3) is 0 Å². The number of Topliss-reactive ketones (excluding diaryl/α,β-unsaturated/α-hetero) is 1. The average Bonchev–Trinajstić information content (AvgIpc) is 2.30. The zero-order chi connectivity index (χ0) is 11.8. The van der Waals surface area contributed by atoms with E-state index in [2.05, 4.69) is 11.9 Å². The highest BCUT2D eigenvalue weighted by molar-refractivity contribution is 5.97. The van der Waals surface area contributed by atoms with Crippen LogP contribution in [0, 0.1) is 0 Å². The van der Waals surface area contributed by atoms with Crippen LogP contribution in [0.2, 0.25) is 0 Å². The molecule has 0 aliphatic carbocycles. The molecule has 0 aromatic heterocycles. The Morgan fingerprint density at radius 1 is 1.44 bits per heavy atom. The van der Waals surface area contributed by atoms with Crippen molar-refractivity contribution in [2.24, 2.45) is 0 Å². The van der Waals surface area contributed by atoms with Crippen molar-refractivity contribution < 1.29 is 9.53 Å². The number of carbonyl (C=O) groups excluding carboxylic acids is 1. The third-order valence-corrected chi connectivity index (χ3v) is 2.06. The van der Waals surface area contributed by atoms with Gasteiger partial charge in [0.15, 0.2) is 5.78 Å². The molecule has 0 fully saturated rings. The summed E-state index contributed by atoms with van der Waals surface area (Å²) in [6.45, 7) is 7.11. The number of benzene rings is 1. The van der Waals surface area contributed by atoms with Crippen molar-refractivity contribution in [2.45, 2.75) is 6.92 Å². The van der Waals surface area contributed by atoms with Gasteiger partial charge < -0.3 is 10.1 Å². The van der Waals surface area contributed by atoms with Gasteiger partial charge in [-0.25, -0.2) is 0 Å². The molecule has 86 valence electrons. The van der Waals surface area contributed by atoms with Crippen molar-refractivity contribution in [2.75, 3.05) is 19.7 Å². The van der Waals surface area contributed by atoms with Crippen molar-refractivity contribution in [1.82, 2.24) is 5.32 Å². The van der Waals surface area contributed by atoms with Gasteiger partial charge in [-0.3, -0.25) is 4.79 Å². The van der Waals surface area contributed by atoms with E-state index in [0.717, 1.165) is 5.75 Å². The first-order valence-electron chi connectivity index (χ1n) is 5.35. The van der Waals surface area contributed by atoms with Crippen LogP contribution in [0.3, 0.4) is 0 Å². The Bertz CT molecular complexity index is 343. The van der Waals surface area contributed by atoms with Crippen LogP contribution in [-0.4, -0.2) is 25.5 Å². The minimum atomic E-state index is 0.0740. The van der Waals surface area contributed by atoms with E-state index in [1.807, 2.05) is 19.1 Å². The third kappa shape index (κ3) is 3.87. The second kappa shape index (κ2) is 6.80. The summed E-state index contributed by atoms with van der Waals surface area (Å²) in [6.07, 6.45) is 1.73. The van der Waals surface area contributed by atoms with E-state index in [0.29, 0.717) is 25.3 Å². The van der Waals surface area contributed by atoms with Crippen LogP contribution in [0.4, 0.5) is 0 Å². The number of hydrogen-bond acceptors (Lipinski definition) is 3. The minimum Gasteiger partial charge on any atom is -0.494 e. The summed E-state index contributed by atoms with van der Waals surface area (Å²) in [6, 6.07) is 7.18. The molecule has 0 unspecified atom stereocenters. The molecular weight excluding hydrogens is 202 g/mol. The molecule has 0 heterocycles. The molecule has 0 saturated carbocycles. The maximum atomic E-state index is 11.7. The molecule has 1 N–H and O–H groups in total. The molecule has 0 aliphatic heterocycles. The summed E-state index contributed by atoms with van der Waals surface area (Å²) in [5.74, 6) is 0.864. The zero-order valence-corrected chi connectivity index (χ0v) is 9.53. The Morgan fingerprint density at radius 3 is 2.69 bits per heavy atom. The van der Waals surface area contributed by atoms with Crippen LogP contribution in [0.15, 0.2) is 36.9 Å². The Kier molecular flexibility index (Phi) is 5.29. The molecule has 0 bridgehead atoms. The zero-order valence-electron chi connectivity index (χ0n) is 9.53. The number of hydrogen-bond donors (Lipinski definition) is 1. The lowest BCUT2D eigenvalue weighted by Crippen LogP contribution is -2.22. The van der Waals surface area contributed by atoms with Gasteiger partial charge in [0, 0.05) is 12.1 Å². The van der Waals surface area contributed by atoms with Gasteiger partial charge in [-0.05, 0) is 31.2 Å². The Morgan fingerprint density at radius 2 is 2.12 bits per heavy atom. The molecule has 1 aromatic carbocycles. The van der Waals surface area contributed by atoms with E-state index in [1.165, 1.54) is 0 Å². The summed E-state index contributed by atoms with van der Waals surface area (Å²) in [5.41, 5.74) is 0.694. The van der Waals surface area contributed by atoms with Crippen LogP contribution in [0.5, 0.6) is 5.75 Å². The van der Waals surface area contributed by atoms with Crippen molar-refractivity contribution in [1.29, 1.82) is 0 Å². The first kappa shape index (κ1) is 12.5. The molecule has 0 spiro atoms. The SMILES string of the molecule is C=CCNCC(=O)c1ccc(OCC)cc1. The van der Waals surface area contributed by atoms with Gasteiger partial charge in [-0.2, -0.15) is 0 Å². The maximum Gasteiger partial charge on any atom is 0.176 e. The lowest BCUT2D eigenvalue weighted by molar-refractivity contribution is 0.0992. The first-order valence-corrected chi connectivity index (χ1v) is 5.35. The summed E-state index contributed by atoms with van der Waals surface area (Å²) in [5, 5.41) is 2.97. The molecule has 0 aliphatic rings. The topological polar surface area (TPSA) is 38.3 Å². The molecule has 1 rings (SSSR count). The molecule has 0 radical (unpaired) electrons. The number of rotatable bonds is 7. The van der Waals surface area contributed by atoms with Gasteiger partial charge in [0.25, 0.3) is 0 Å². The molecule has 1 aromatic rings. The fourth-order valence-electron chi connectivity index (χ4n) is 1.29. The predicted molar refractivity (Wildman–Crippen MR) is 65.0 cm³/mol. The van der Waals surface area contributed by atoms with Crippen LogP contribution in [-0.2, 0) is 0 Å². The number of ketones is 1. The standard InChI is InChI=1S/C13H17NO2/c1-3-9-14-10-13(15)11-5-7-12(8-6-11)16-4-2/h3,5-8,14H,1,4,9-10H2,2H3. The highest BCUT2D eigenvalue weighted by Gasteiger charge is 2.04. The number of carbonyl (C=O) groups is 1. The average molecular weight is 219 g/mol. The van der Waals surface area contributed by atoms with Gasteiger partial charge in [-0.1, -0.05) is 6.08 Å². The Labute approximate surface area is 96.1 Å². The molecule has 0 amide bonds. The molecule has 16 heavy (non-hydrogen) atoms. The van der Waals surface area contributed by atoms with E-state index in [-0.39, 0.29) is 5.78 Å². The first-order chi connectivity index (χ1) is 7.77. The van der Waals surface area contributed by atoms with Crippen molar-refractivity contribution in [3.05, 3.63) is 42.5 Å². The second-order valence-corrected chi connectivity index (χ2v) is 3.30. The van der Waals surface area contributed by atoms with Gasteiger partial charge in [0.1, 0.15) is 5.75 Å². The molecular formula is C13H17NO2. The normalized spacial score (nSPS) is 9.81. The van der Waals surface area contributed by atoms with E-state index in [1.54, 1.807) is 18.2 Å². The predicted octanol–water partition coefficient (Wildman–Crippen LogP) is 2.04. The molecule has 3 heteroatoms. The largest absolute Gasteiger partial charge is 0.494 e. The lowest BCUT2D eigenvalue weighted by atomic mass is 10.1. The monoisotopic (exact) mass is 219 g/mol. The highest BCUT2D eigenvalue weighted by atomic mass is 16.5. The smallest absolute Gasteiger partial charge is 0.176 e. The number of nitrogens with one attached hydrogen (secondary N) is 1. The Hall–Kier alpha value is -1.61. The van der Waals surface area contributed by atoms with Gasteiger partial charge in [0.2, 0.25) is 0 Å². The van der Waals surface area contributed by atoms with E-state index in [4.69, 9.17) is 4.74 Å².